The number of hydrogen-bond donors (Lipinski definition) is 2. The number of urea groups is 1. The minimum absolute atomic E-state index is 0.191. The number of carbonyl (C=O) groups excluding carboxylic acids is 1. The molecule has 1 aromatic carbocycles. The Morgan fingerprint density at radius 1 is 1.29 bits per heavy atom. The Morgan fingerprint density at radius 3 is 2.67 bits per heavy atom. The SMILES string of the molecule is C/C(=C\NC(=O)Nc1cccc(N(C)C)c1)C1CCCC1. The molecule has 2 amide bonds. The normalized spacial score (nSPS) is 15.9. The first-order valence-corrected chi connectivity index (χ1v) is 7.58. The predicted octanol–water partition coefficient (Wildman–Crippen LogP) is 3.97. The third-order valence-electron chi connectivity index (χ3n) is 4.05. The molecule has 1 aromatic rings. The first-order valence-electron chi connectivity index (χ1n) is 7.58. The Kier molecular flexibility index (Phi) is 5.26. The van der Waals surface area contributed by atoms with Crippen LogP contribution in [-0.2, 0) is 0 Å². The number of nitrogens with one attached hydrogen (secondary N) is 2. The number of hydrogen-bond acceptors (Lipinski definition) is 2. The van der Waals surface area contributed by atoms with Crippen LogP contribution in [0.15, 0.2) is 36.0 Å². The van der Waals surface area contributed by atoms with Gasteiger partial charge in [0.05, 0.1) is 0 Å². The smallest absolute Gasteiger partial charge is 0.323 e. The lowest BCUT2D eigenvalue weighted by Crippen LogP contribution is -2.24. The minimum atomic E-state index is -0.191. The summed E-state index contributed by atoms with van der Waals surface area (Å²) in [6.07, 6.45) is 6.95. The first kappa shape index (κ1) is 15.4. The quantitative estimate of drug-likeness (QED) is 0.880. The summed E-state index contributed by atoms with van der Waals surface area (Å²) in [5.41, 5.74) is 3.13. The van der Waals surface area contributed by atoms with Gasteiger partial charge in [-0.25, -0.2) is 4.79 Å². The number of nitrogens with zero attached hydrogens (tertiary/aromatic N) is 1. The van der Waals surface area contributed by atoms with Crippen LogP contribution >= 0.6 is 0 Å². The van der Waals surface area contributed by atoms with Crippen molar-refractivity contribution in [3.63, 3.8) is 0 Å². The lowest BCUT2D eigenvalue weighted by molar-refractivity contribution is 0.255. The van der Waals surface area contributed by atoms with Gasteiger partial charge in [-0.3, -0.25) is 0 Å². The van der Waals surface area contributed by atoms with Crippen molar-refractivity contribution in [2.45, 2.75) is 32.6 Å². The molecule has 0 heterocycles. The highest BCUT2D eigenvalue weighted by molar-refractivity contribution is 5.90. The number of amides is 2. The molecule has 0 radical (unpaired) electrons. The molecule has 4 nitrogen and oxygen atoms in total. The van der Waals surface area contributed by atoms with Gasteiger partial charge in [0, 0.05) is 31.7 Å². The van der Waals surface area contributed by atoms with Gasteiger partial charge in [0.1, 0.15) is 0 Å². The van der Waals surface area contributed by atoms with Crippen molar-refractivity contribution in [2.75, 3.05) is 24.3 Å². The van der Waals surface area contributed by atoms with E-state index >= 15 is 0 Å². The number of rotatable bonds is 4. The molecule has 2 N–H and O–H groups in total. The van der Waals surface area contributed by atoms with Gasteiger partial charge in [0.2, 0.25) is 0 Å². The van der Waals surface area contributed by atoms with E-state index in [-0.39, 0.29) is 6.03 Å². The Morgan fingerprint density at radius 2 is 2.00 bits per heavy atom. The van der Waals surface area contributed by atoms with E-state index in [1.165, 1.54) is 31.3 Å². The maximum absolute atomic E-state index is 11.9. The van der Waals surface area contributed by atoms with Gasteiger partial charge in [0.15, 0.2) is 0 Å². The second-order valence-electron chi connectivity index (χ2n) is 5.91. The summed E-state index contributed by atoms with van der Waals surface area (Å²) in [4.78, 5) is 13.9. The van der Waals surface area contributed by atoms with E-state index in [1.807, 2.05) is 49.5 Å². The average Bonchev–Trinajstić information content (AvgIpc) is 2.99. The second kappa shape index (κ2) is 7.16. The minimum Gasteiger partial charge on any atom is -0.378 e. The van der Waals surface area contributed by atoms with Gasteiger partial charge in [-0.2, -0.15) is 0 Å². The van der Waals surface area contributed by atoms with Gasteiger partial charge in [-0.1, -0.05) is 24.5 Å². The molecule has 0 bridgehead atoms. The fourth-order valence-corrected chi connectivity index (χ4v) is 2.71. The highest BCUT2D eigenvalue weighted by Crippen LogP contribution is 2.30. The van der Waals surface area contributed by atoms with Crippen LogP contribution < -0.4 is 15.5 Å². The van der Waals surface area contributed by atoms with Crippen molar-refractivity contribution in [1.29, 1.82) is 0 Å². The van der Waals surface area contributed by atoms with Gasteiger partial charge < -0.3 is 15.5 Å². The standard InChI is InChI=1S/C17H25N3O/c1-13(14-7-4-5-8-14)12-18-17(21)19-15-9-6-10-16(11-15)20(2)3/h6,9-12,14H,4-5,7-8H2,1-3H3,(H2,18,19,21)/b13-12+. The summed E-state index contributed by atoms with van der Waals surface area (Å²) in [7, 11) is 3.96. The summed E-state index contributed by atoms with van der Waals surface area (Å²) < 4.78 is 0. The number of carbonyl (C=O) groups is 1. The van der Waals surface area contributed by atoms with Gasteiger partial charge >= 0.3 is 6.03 Å². The molecule has 4 heteroatoms. The van der Waals surface area contributed by atoms with Crippen LogP contribution in [0.25, 0.3) is 0 Å². The van der Waals surface area contributed by atoms with Gasteiger partial charge in [-0.05, 0) is 43.9 Å². The van der Waals surface area contributed by atoms with Crippen molar-refractivity contribution in [3.8, 4) is 0 Å². The van der Waals surface area contributed by atoms with Crippen molar-refractivity contribution < 1.29 is 4.79 Å². The topological polar surface area (TPSA) is 44.4 Å². The van der Waals surface area contributed by atoms with E-state index in [4.69, 9.17) is 0 Å². The van der Waals surface area contributed by atoms with Crippen molar-refractivity contribution in [3.05, 3.63) is 36.0 Å². The molecule has 0 unspecified atom stereocenters. The Bertz CT molecular complexity index is 517. The number of anilines is 2. The lowest BCUT2D eigenvalue weighted by Gasteiger charge is -2.14. The zero-order valence-corrected chi connectivity index (χ0v) is 13.1. The van der Waals surface area contributed by atoms with Gasteiger partial charge in [0.25, 0.3) is 0 Å². The fourth-order valence-electron chi connectivity index (χ4n) is 2.71. The summed E-state index contributed by atoms with van der Waals surface area (Å²) in [6, 6.07) is 7.59. The van der Waals surface area contributed by atoms with Crippen LogP contribution in [0, 0.1) is 5.92 Å². The van der Waals surface area contributed by atoms with Crippen LogP contribution in [0.5, 0.6) is 0 Å². The Labute approximate surface area is 127 Å². The molecule has 0 aliphatic heterocycles. The van der Waals surface area contributed by atoms with Crippen LogP contribution in [0.2, 0.25) is 0 Å². The first-order chi connectivity index (χ1) is 10.1. The fraction of sp³-hybridized carbons (Fsp3) is 0.471. The Hall–Kier alpha value is -1.97. The third-order valence-corrected chi connectivity index (χ3v) is 4.05. The molecule has 0 atom stereocenters. The van der Waals surface area contributed by atoms with E-state index in [0.717, 1.165) is 11.4 Å². The van der Waals surface area contributed by atoms with E-state index in [2.05, 4.69) is 17.6 Å². The summed E-state index contributed by atoms with van der Waals surface area (Å²) in [5, 5.41) is 5.69. The van der Waals surface area contributed by atoms with E-state index in [0.29, 0.717) is 5.92 Å². The zero-order chi connectivity index (χ0) is 15.2. The van der Waals surface area contributed by atoms with E-state index < -0.39 is 0 Å². The molecule has 21 heavy (non-hydrogen) atoms. The number of allylic oxidation sites excluding steroid dienone is 1. The van der Waals surface area contributed by atoms with Crippen LogP contribution in [0.4, 0.5) is 16.2 Å². The largest absolute Gasteiger partial charge is 0.378 e. The highest BCUT2D eigenvalue weighted by Gasteiger charge is 2.16. The zero-order valence-electron chi connectivity index (χ0n) is 13.1. The second-order valence-corrected chi connectivity index (χ2v) is 5.91. The molecule has 1 fully saturated rings. The predicted molar refractivity (Wildman–Crippen MR) is 88.6 cm³/mol. The van der Waals surface area contributed by atoms with Crippen molar-refractivity contribution in [2.24, 2.45) is 5.92 Å². The molecule has 1 aliphatic carbocycles. The summed E-state index contributed by atoms with van der Waals surface area (Å²) in [6.45, 7) is 2.10. The third kappa shape index (κ3) is 4.52. The maximum atomic E-state index is 11.9. The molecule has 0 spiro atoms. The summed E-state index contributed by atoms with van der Waals surface area (Å²) >= 11 is 0. The lowest BCUT2D eigenvalue weighted by atomic mass is 10.0. The van der Waals surface area contributed by atoms with Crippen LogP contribution in [0.1, 0.15) is 32.6 Å². The van der Waals surface area contributed by atoms with Crippen LogP contribution in [0.3, 0.4) is 0 Å². The van der Waals surface area contributed by atoms with Crippen LogP contribution in [-0.4, -0.2) is 20.1 Å². The van der Waals surface area contributed by atoms with E-state index in [9.17, 15) is 4.79 Å². The molecule has 114 valence electrons. The van der Waals surface area contributed by atoms with Gasteiger partial charge in [-0.15, -0.1) is 0 Å². The Balaban J connectivity index is 1.89. The molecule has 1 saturated carbocycles. The maximum Gasteiger partial charge on any atom is 0.323 e. The number of benzene rings is 1. The van der Waals surface area contributed by atoms with Crippen molar-refractivity contribution in [1.82, 2.24) is 5.32 Å². The molecular weight excluding hydrogens is 262 g/mol. The average molecular weight is 287 g/mol. The monoisotopic (exact) mass is 287 g/mol. The molecule has 1 aliphatic rings. The highest BCUT2D eigenvalue weighted by atomic mass is 16.2. The van der Waals surface area contributed by atoms with Crippen molar-refractivity contribution >= 4 is 17.4 Å². The van der Waals surface area contributed by atoms with E-state index in [1.54, 1.807) is 0 Å². The summed E-state index contributed by atoms with van der Waals surface area (Å²) in [5.74, 6) is 0.641. The molecule has 0 saturated heterocycles. The molecule has 2 rings (SSSR count). The molecular formula is C17H25N3O. The molecule has 0 aromatic heterocycles.